The van der Waals surface area contributed by atoms with Crippen molar-refractivity contribution in [2.75, 3.05) is 19.7 Å². The molecule has 3 rings (SSSR count). The van der Waals surface area contributed by atoms with E-state index in [1.165, 1.54) is 6.20 Å². The summed E-state index contributed by atoms with van der Waals surface area (Å²) in [4.78, 5) is 40.9. The summed E-state index contributed by atoms with van der Waals surface area (Å²) in [6.07, 6.45) is 7.19. The van der Waals surface area contributed by atoms with E-state index < -0.39 is 18.1 Å². The Morgan fingerprint density at radius 3 is 2.78 bits per heavy atom. The number of aromatic nitrogens is 1. The third-order valence-corrected chi connectivity index (χ3v) is 7.56. The van der Waals surface area contributed by atoms with Gasteiger partial charge in [0.25, 0.3) is 0 Å². The molecule has 1 saturated heterocycles. The summed E-state index contributed by atoms with van der Waals surface area (Å²) in [7, 11) is 0. The first-order valence-corrected chi connectivity index (χ1v) is 14.8. The minimum atomic E-state index is -0.770. The first kappa shape index (κ1) is 32.3. The lowest BCUT2D eigenvalue weighted by Crippen LogP contribution is -2.53. The van der Waals surface area contributed by atoms with Gasteiger partial charge < -0.3 is 25.9 Å². The van der Waals surface area contributed by atoms with Crippen LogP contribution in [0.2, 0.25) is 5.02 Å². The van der Waals surface area contributed by atoms with Gasteiger partial charge in [-0.05, 0) is 48.9 Å². The molecular weight excluding hydrogens is 546 g/mol. The number of nitrogens with one attached hydrogen (secondary N) is 2. The van der Waals surface area contributed by atoms with Gasteiger partial charge in [0.2, 0.25) is 11.8 Å². The highest BCUT2D eigenvalue weighted by Gasteiger charge is 2.37. The maximum Gasteiger partial charge on any atom is 0.319 e. The molecule has 0 bridgehead atoms. The van der Waals surface area contributed by atoms with Crippen molar-refractivity contribution in [1.82, 2.24) is 15.5 Å². The Balaban J connectivity index is 1.64. The normalized spacial score (nSPS) is 15.5. The highest BCUT2D eigenvalue weighted by atomic mass is 35.5. The number of amides is 2. The molecule has 1 aromatic carbocycles. The summed E-state index contributed by atoms with van der Waals surface area (Å²) >= 11 is 6.13. The summed E-state index contributed by atoms with van der Waals surface area (Å²) in [6, 6.07) is 9.06. The molecule has 2 aromatic rings. The van der Waals surface area contributed by atoms with Crippen molar-refractivity contribution in [2.24, 2.45) is 5.73 Å². The van der Waals surface area contributed by atoms with Crippen LogP contribution in [-0.2, 0) is 38.6 Å². The Hall–Kier alpha value is -3.21. The largest absolute Gasteiger partial charge is 0.619 e. The van der Waals surface area contributed by atoms with E-state index in [4.69, 9.17) is 22.1 Å². The number of carbonyl (C=O) groups is 3. The number of benzene rings is 1. The molecule has 1 aliphatic heterocycles. The van der Waals surface area contributed by atoms with Crippen LogP contribution >= 0.6 is 11.6 Å². The van der Waals surface area contributed by atoms with Crippen LogP contribution in [0.15, 0.2) is 42.6 Å². The molecule has 2 amide bonds. The van der Waals surface area contributed by atoms with Crippen molar-refractivity contribution in [3.63, 3.8) is 0 Å². The van der Waals surface area contributed by atoms with E-state index >= 15 is 0 Å². The molecule has 1 aromatic heterocycles. The molecule has 2 atom stereocenters. The molecule has 1 fully saturated rings. The zero-order valence-electron chi connectivity index (χ0n) is 23.8. The number of halogens is 1. The van der Waals surface area contributed by atoms with E-state index in [1.807, 2.05) is 6.07 Å². The van der Waals surface area contributed by atoms with Gasteiger partial charge in [0.1, 0.15) is 6.04 Å². The number of aryl methyl sites for hydroxylation is 1. The van der Waals surface area contributed by atoms with E-state index in [0.717, 1.165) is 41.5 Å². The lowest BCUT2D eigenvalue weighted by molar-refractivity contribution is -0.614. The van der Waals surface area contributed by atoms with Crippen LogP contribution in [0.1, 0.15) is 68.7 Å². The molecule has 224 valence electrons. The van der Waals surface area contributed by atoms with Gasteiger partial charge >= 0.3 is 5.97 Å². The molecule has 0 saturated carbocycles. The Morgan fingerprint density at radius 1 is 1.20 bits per heavy atom. The molecule has 0 radical (unpaired) electrons. The maximum absolute atomic E-state index is 13.7. The van der Waals surface area contributed by atoms with Crippen molar-refractivity contribution >= 4 is 29.4 Å². The predicted molar refractivity (Wildman–Crippen MR) is 157 cm³/mol. The molecule has 10 nitrogen and oxygen atoms in total. The van der Waals surface area contributed by atoms with Gasteiger partial charge in [-0.1, -0.05) is 49.9 Å². The van der Waals surface area contributed by atoms with Gasteiger partial charge in [0.15, 0.2) is 11.9 Å². The van der Waals surface area contributed by atoms with Crippen LogP contribution < -0.4 is 21.1 Å². The first-order chi connectivity index (χ1) is 19.8. The standard InChI is InChI=1S/C30H42ClN5O5/c1-2-3-4-7-17-41-28(37)21-33-26(14-13-25-9-5-6-16-36(25)40)30(39)35-15-8-10-27(35)29(38)34-20-23-18-24(31)12-11-22(23)19-32/h5-6,9,11-12,16,18,26-27,33H,2-4,7-8,10,13-15,17,19-21,32H2,1H3,(H,34,38)/t26-,27+/m1/s1. The molecule has 2 heterocycles. The molecule has 0 spiro atoms. The summed E-state index contributed by atoms with van der Waals surface area (Å²) in [5, 5.41) is 18.7. The monoisotopic (exact) mass is 587 g/mol. The van der Waals surface area contributed by atoms with Crippen LogP contribution in [0, 0.1) is 5.21 Å². The quantitative estimate of drug-likeness (QED) is 0.119. The number of carbonyl (C=O) groups excluding carboxylic acids is 3. The molecule has 4 N–H and O–H groups in total. The van der Waals surface area contributed by atoms with E-state index in [2.05, 4.69) is 17.6 Å². The number of ether oxygens (including phenoxy) is 1. The minimum Gasteiger partial charge on any atom is -0.619 e. The second-order valence-corrected chi connectivity index (χ2v) is 10.7. The van der Waals surface area contributed by atoms with Crippen molar-refractivity contribution in [1.29, 1.82) is 0 Å². The fourth-order valence-electron chi connectivity index (χ4n) is 5.00. The number of hydrogen-bond donors (Lipinski definition) is 3. The fraction of sp³-hybridized carbons (Fsp3) is 0.533. The SMILES string of the molecule is CCCCCCOC(=O)CN[C@H](CCc1cccc[n+]1[O-])C(=O)N1CCC[C@H]1C(=O)NCc1cc(Cl)ccc1CN. The lowest BCUT2D eigenvalue weighted by atomic mass is 10.1. The predicted octanol–water partition coefficient (Wildman–Crippen LogP) is 2.75. The highest BCUT2D eigenvalue weighted by molar-refractivity contribution is 6.30. The average molecular weight is 588 g/mol. The number of unbranched alkanes of at least 4 members (excludes halogenated alkanes) is 3. The third-order valence-electron chi connectivity index (χ3n) is 7.33. The Kier molecular flexibility index (Phi) is 13.3. The summed E-state index contributed by atoms with van der Waals surface area (Å²) in [6.45, 7) is 3.30. The molecular formula is C30H42ClN5O5. The Bertz CT molecular complexity index is 1160. The second kappa shape index (κ2) is 16.9. The van der Waals surface area contributed by atoms with Crippen LogP contribution in [0.5, 0.6) is 0 Å². The molecule has 1 aliphatic rings. The number of pyridine rings is 1. The zero-order chi connectivity index (χ0) is 29.6. The van der Waals surface area contributed by atoms with E-state index in [0.29, 0.717) is 49.7 Å². The summed E-state index contributed by atoms with van der Waals surface area (Å²) in [5.74, 6) is -0.979. The van der Waals surface area contributed by atoms with Crippen molar-refractivity contribution in [3.05, 3.63) is 69.6 Å². The van der Waals surface area contributed by atoms with E-state index in [-0.39, 0.29) is 31.3 Å². The Labute approximate surface area is 247 Å². The molecule has 0 aliphatic carbocycles. The average Bonchev–Trinajstić information content (AvgIpc) is 3.47. The third kappa shape index (κ3) is 9.98. The van der Waals surface area contributed by atoms with Gasteiger partial charge in [-0.15, -0.1) is 0 Å². The topological polar surface area (TPSA) is 141 Å². The van der Waals surface area contributed by atoms with Crippen LogP contribution in [0.4, 0.5) is 0 Å². The van der Waals surface area contributed by atoms with E-state index in [1.54, 1.807) is 35.2 Å². The van der Waals surface area contributed by atoms with Gasteiger partial charge in [0, 0.05) is 43.2 Å². The Morgan fingerprint density at radius 2 is 2.02 bits per heavy atom. The lowest BCUT2D eigenvalue weighted by Gasteiger charge is -2.28. The molecule has 11 heteroatoms. The fourth-order valence-corrected chi connectivity index (χ4v) is 5.19. The number of nitrogens with zero attached hydrogens (tertiary/aromatic N) is 2. The van der Waals surface area contributed by atoms with Crippen LogP contribution in [-0.4, -0.2) is 54.5 Å². The second-order valence-electron chi connectivity index (χ2n) is 10.3. The van der Waals surface area contributed by atoms with Crippen LogP contribution in [0.25, 0.3) is 0 Å². The number of likely N-dealkylation sites (tertiary alicyclic amines) is 1. The van der Waals surface area contributed by atoms with Gasteiger partial charge in [-0.2, -0.15) is 4.73 Å². The smallest absolute Gasteiger partial charge is 0.319 e. The molecule has 41 heavy (non-hydrogen) atoms. The van der Waals surface area contributed by atoms with Gasteiger partial charge in [-0.3, -0.25) is 19.7 Å². The van der Waals surface area contributed by atoms with E-state index in [9.17, 15) is 19.6 Å². The maximum atomic E-state index is 13.7. The highest BCUT2D eigenvalue weighted by Crippen LogP contribution is 2.21. The summed E-state index contributed by atoms with van der Waals surface area (Å²) < 4.78 is 6.09. The number of hydrogen-bond acceptors (Lipinski definition) is 7. The minimum absolute atomic E-state index is 0.141. The van der Waals surface area contributed by atoms with Gasteiger partial charge in [0.05, 0.1) is 19.2 Å². The molecule has 0 unspecified atom stereocenters. The zero-order valence-corrected chi connectivity index (χ0v) is 24.5. The van der Waals surface area contributed by atoms with Crippen molar-refractivity contribution in [2.45, 2.75) is 83.5 Å². The number of rotatable bonds is 16. The number of nitrogens with two attached hydrogens (primary N) is 1. The van der Waals surface area contributed by atoms with Gasteiger partial charge in [-0.25, -0.2) is 0 Å². The van der Waals surface area contributed by atoms with Crippen LogP contribution in [0.3, 0.4) is 0 Å². The van der Waals surface area contributed by atoms with Crippen molar-refractivity contribution in [3.8, 4) is 0 Å². The first-order valence-electron chi connectivity index (χ1n) is 14.5. The summed E-state index contributed by atoms with van der Waals surface area (Å²) in [5.41, 5.74) is 8.05. The number of esters is 1. The van der Waals surface area contributed by atoms with Crippen molar-refractivity contribution < 1.29 is 23.9 Å².